The molecule has 1 saturated carbocycles. The molecule has 0 unspecified atom stereocenters. The maximum absolute atomic E-state index is 12.7. The molecular formula is C20H17IN2O4. The van der Waals surface area contributed by atoms with Gasteiger partial charge in [-0.25, -0.2) is 0 Å². The van der Waals surface area contributed by atoms with Crippen LogP contribution >= 0.6 is 22.6 Å². The first kappa shape index (κ1) is 18.0. The molecule has 2 aliphatic carbocycles. The Kier molecular flexibility index (Phi) is 4.68. The fourth-order valence-corrected chi connectivity index (χ4v) is 4.97. The van der Waals surface area contributed by atoms with Crippen molar-refractivity contribution in [3.05, 3.63) is 33.4 Å². The van der Waals surface area contributed by atoms with Crippen molar-refractivity contribution in [1.29, 1.82) is 0 Å². The number of carbonyl (C=O) groups is 2. The molecule has 0 aromatic heterocycles. The lowest BCUT2D eigenvalue weighted by Crippen LogP contribution is -2.28. The van der Waals surface area contributed by atoms with Crippen LogP contribution in [0.25, 0.3) is 0 Å². The van der Waals surface area contributed by atoms with Gasteiger partial charge in [0.2, 0.25) is 0 Å². The molecule has 2 bridgehead atoms. The zero-order valence-corrected chi connectivity index (χ0v) is 16.8. The standard InChI is InChI=1S/C20H17IN2O4/c1-3-6-27-18-14(21)7-11(8-15(18)26-2)10-22-23-19(24)16-12-4-5-13(9-12)17(16)20(23)25/h1,4-5,7-8,10,12-13,16-17H,6,9H2,2H3/t12-,13-,16-,17+/m0/s1. The molecule has 4 rings (SSSR count). The van der Waals surface area contributed by atoms with E-state index in [1.165, 1.54) is 13.3 Å². The highest BCUT2D eigenvalue weighted by Crippen LogP contribution is 2.52. The first-order valence-electron chi connectivity index (χ1n) is 8.59. The Bertz CT molecular complexity index is 887. The van der Waals surface area contributed by atoms with Gasteiger partial charge in [-0.1, -0.05) is 18.1 Å². The van der Waals surface area contributed by atoms with E-state index in [0.717, 1.165) is 15.0 Å². The summed E-state index contributed by atoms with van der Waals surface area (Å²) in [6.07, 6.45) is 11.8. The molecule has 1 aromatic rings. The van der Waals surface area contributed by atoms with E-state index in [1.54, 1.807) is 6.07 Å². The number of hydrogen-bond acceptors (Lipinski definition) is 5. The quantitative estimate of drug-likeness (QED) is 0.215. The predicted molar refractivity (Wildman–Crippen MR) is 107 cm³/mol. The van der Waals surface area contributed by atoms with Crippen molar-refractivity contribution < 1.29 is 19.1 Å². The molecule has 4 atom stereocenters. The summed E-state index contributed by atoms with van der Waals surface area (Å²) < 4.78 is 11.7. The van der Waals surface area contributed by atoms with Gasteiger partial charge in [0.25, 0.3) is 11.8 Å². The van der Waals surface area contributed by atoms with Crippen LogP contribution < -0.4 is 9.47 Å². The molecule has 0 N–H and O–H groups in total. The number of fused-ring (bicyclic) bond motifs is 5. The van der Waals surface area contributed by atoms with E-state index in [9.17, 15) is 9.59 Å². The van der Waals surface area contributed by atoms with E-state index in [-0.39, 0.29) is 42.1 Å². The summed E-state index contributed by atoms with van der Waals surface area (Å²) in [5, 5.41) is 5.22. The van der Waals surface area contributed by atoms with Gasteiger partial charge in [-0.3, -0.25) is 9.59 Å². The Morgan fingerprint density at radius 1 is 1.30 bits per heavy atom. The minimum absolute atomic E-state index is 0.135. The number of carbonyl (C=O) groups excluding carboxylic acids is 2. The number of allylic oxidation sites excluding steroid dienone is 2. The fraction of sp³-hybridized carbons (Fsp3) is 0.350. The van der Waals surface area contributed by atoms with Crippen LogP contribution in [0.4, 0.5) is 0 Å². The second-order valence-corrected chi connectivity index (χ2v) is 7.92. The highest BCUT2D eigenvalue weighted by Gasteiger charge is 2.59. The molecule has 2 amide bonds. The normalized spacial score (nSPS) is 28.1. The van der Waals surface area contributed by atoms with Gasteiger partial charge in [-0.15, -0.1) is 6.42 Å². The second-order valence-electron chi connectivity index (χ2n) is 6.76. The van der Waals surface area contributed by atoms with Crippen molar-refractivity contribution in [2.24, 2.45) is 28.8 Å². The minimum atomic E-state index is -0.251. The third-order valence-corrected chi connectivity index (χ3v) is 6.12. The molecule has 3 aliphatic rings. The van der Waals surface area contributed by atoms with Crippen LogP contribution in [-0.2, 0) is 9.59 Å². The third kappa shape index (κ3) is 2.92. The molecule has 1 aromatic carbocycles. The van der Waals surface area contributed by atoms with Gasteiger partial charge in [0.1, 0.15) is 6.61 Å². The molecule has 27 heavy (non-hydrogen) atoms. The fourth-order valence-electron chi connectivity index (χ4n) is 4.19. The lowest BCUT2D eigenvalue weighted by molar-refractivity contribution is -0.140. The van der Waals surface area contributed by atoms with Gasteiger partial charge < -0.3 is 9.47 Å². The average molecular weight is 476 g/mol. The van der Waals surface area contributed by atoms with Gasteiger partial charge >= 0.3 is 0 Å². The summed E-state index contributed by atoms with van der Waals surface area (Å²) in [7, 11) is 1.53. The number of methoxy groups -OCH3 is 1. The van der Waals surface area contributed by atoms with Crippen molar-refractivity contribution in [2.75, 3.05) is 13.7 Å². The maximum Gasteiger partial charge on any atom is 0.254 e. The van der Waals surface area contributed by atoms with Crippen molar-refractivity contribution in [3.8, 4) is 23.8 Å². The van der Waals surface area contributed by atoms with Crippen molar-refractivity contribution >= 4 is 40.6 Å². The Labute approximate surface area is 170 Å². The molecule has 2 fully saturated rings. The van der Waals surface area contributed by atoms with E-state index in [1.807, 2.05) is 6.07 Å². The van der Waals surface area contributed by atoms with E-state index in [4.69, 9.17) is 15.9 Å². The lowest BCUT2D eigenvalue weighted by Gasteiger charge is -2.13. The second kappa shape index (κ2) is 7.00. The van der Waals surface area contributed by atoms with Gasteiger partial charge in [-0.05, 0) is 58.5 Å². The van der Waals surface area contributed by atoms with E-state index in [0.29, 0.717) is 17.1 Å². The highest BCUT2D eigenvalue weighted by molar-refractivity contribution is 14.1. The van der Waals surface area contributed by atoms with Gasteiger partial charge in [0.05, 0.1) is 28.7 Å². The molecule has 1 heterocycles. The third-order valence-electron chi connectivity index (χ3n) is 5.32. The van der Waals surface area contributed by atoms with Crippen LogP contribution in [-0.4, -0.2) is 36.8 Å². The number of hydrazone groups is 1. The van der Waals surface area contributed by atoms with Crippen LogP contribution in [0.2, 0.25) is 0 Å². The summed E-state index contributed by atoms with van der Waals surface area (Å²) in [6.45, 7) is 0.135. The number of amides is 2. The van der Waals surface area contributed by atoms with Crippen LogP contribution in [0.5, 0.6) is 11.5 Å². The van der Waals surface area contributed by atoms with E-state index in [2.05, 4.69) is 45.8 Å². The zero-order chi connectivity index (χ0) is 19.1. The van der Waals surface area contributed by atoms with Crippen LogP contribution in [0.3, 0.4) is 0 Å². The lowest BCUT2D eigenvalue weighted by atomic mass is 9.85. The molecule has 138 valence electrons. The molecule has 7 heteroatoms. The Hall–Kier alpha value is -2.34. The number of halogens is 1. The zero-order valence-electron chi connectivity index (χ0n) is 14.6. The average Bonchev–Trinajstić information content (AvgIpc) is 3.33. The molecule has 1 saturated heterocycles. The predicted octanol–water partition coefficient (Wildman–Crippen LogP) is 2.45. The highest BCUT2D eigenvalue weighted by atomic mass is 127. The molecular weight excluding hydrogens is 459 g/mol. The monoisotopic (exact) mass is 476 g/mol. The van der Waals surface area contributed by atoms with E-state index < -0.39 is 0 Å². The van der Waals surface area contributed by atoms with Gasteiger partial charge in [0.15, 0.2) is 11.5 Å². The van der Waals surface area contributed by atoms with Gasteiger partial charge in [0, 0.05) is 0 Å². The van der Waals surface area contributed by atoms with Crippen molar-refractivity contribution in [2.45, 2.75) is 6.42 Å². The van der Waals surface area contributed by atoms with Gasteiger partial charge in [-0.2, -0.15) is 10.1 Å². The molecule has 1 aliphatic heterocycles. The smallest absolute Gasteiger partial charge is 0.254 e. The number of ether oxygens (including phenoxy) is 2. The molecule has 0 spiro atoms. The number of benzene rings is 1. The Balaban J connectivity index is 1.57. The number of imide groups is 1. The largest absolute Gasteiger partial charge is 0.493 e. The van der Waals surface area contributed by atoms with Crippen LogP contribution in [0, 0.1) is 39.6 Å². The summed E-state index contributed by atoms with van der Waals surface area (Å²) in [5.41, 5.74) is 0.697. The van der Waals surface area contributed by atoms with Crippen molar-refractivity contribution in [1.82, 2.24) is 5.01 Å². The Morgan fingerprint density at radius 2 is 1.96 bits per heavy atom. The topological polar surface area (TPSA) is 68.2 Å². The SMILES string of the molecule is C#CCOc1c(I)cc(C=NN2C(=O)[C@@H]3[C@H](C2=O)[C@H]2C=C[C@H]3C2)cc1OC. The summed E-state index contributed by atoms with van der Waals surface area (Å²) in [5.74, 6) is 2.92. The summed E-state index contributed by atoms with van der Waals surface area (Å²) >= 11 is 2.12. The van der Waals surface area contributed by atoms with Crippen molar-refractivity contribution in [3.63, 3.8) is 0 Å². The first-order chi connectivity index (χ1) is 13.0. The Morgan fingerprint density at radius 3 is 2.56 bits per heavy atom. The molecule has 0 radical (unpaired) electrons. The van der Waals surface area contributed by atoms with Crippen LogP contribution in [0.1, 0.15) is 12.0 Å². The maximum atomic E-state index is 12.7. The summed E-state index contributed by atoms with van der Waals surface area (Å²) in [6, 6.07) is 3.56. The molecule has 6 nitrogen and oxygen atoms in total. The number of rotatable bonds is 5. The minimum Gasteiger partial charge on any atom is -0.493 e. The van der Waals surface area contributed by atoms with E-state index >= 15 is 0 Å². The number of terminal acetylenes is 1. The summed E-state index contributed by atoms with van der Waals surface area (Å²) in [4.78, 5) is 25.3. The first-order valence-corrected chi connectivity index (χ1v) is 9.67. The number of hydrogen-bond donors (Lipinski definition) is 0. The van der Waals surface area contributed by atoms with Crippen LogP contribution in [0.15, 0.2) is 29.4 Å². The number of nitrogens with zero attached hydrogens (tertiary/aromatic N) is 2.